The number of allylic oxidation sites excluding steroid dienone is 2. The van der Waals surface area contributed by atoms with E-state index >= 15 is 0 Å². The van der Waals surface area contributed by atoms with E-state index in [-0.39, 0.29) is 32.3 Å². The van der Waals surface area contributed by atoms with Crippen molar-refractivity contribution in [1.82, 2.24) is 0 Å². The highest BCUT2D eigenvalue weighted by Gasteiger charge is 2.20. The summed E-state index contributed by atoms with van der Waals surface area (Å²) in [5, 5.41) is -0.180. The second-order valence-electron chi connectivity index (χ2n) is 4.63. The van der Waals surface area contributed by atoms with Gasteiger partial charge in [-0.25, -0.2) is 8.78 Å². The molecule has 0 N–H and O–H groups in total. The maximum absolute atomic E-state index is 13.6. The second-order valence-corrected chi connectivity index (χ2v) is 5.88. The Morgan fingerprint density at radius 1 is 0.792 bits per heavy atom. The molecule has 0 fully saturated rings. The topological polar surface area (TPSA) is 17.1 Å². The number of rotatable bonds is 4. The zero-order valence-electron chi connectivity index (χ0n) is 11.8. The van der Waals surface area contributed by atoms with Crippen molar-refractivity contribution in [2.24, 2.45) is 0 Å². The number of carbonyl (C=O) groups is 1. The molecule has 0 atom stereocenters. The Morgan fingerprint density at radius 2 is 1.17 bits per heavy atom. The van der Waals surface area contributed by atoms with E-state index in [9.17, 15) is 13.6 Å². The molecule has 1 nitrogen and oxygen atoms in total. The van der Waals surface area contributed by atoms with Crippen molar-refractivity contribution in [3.05, 3.63) is 80.3 Å². The molecule has 0 bridgehead atoms. The Kier molecular flexibility index (Phi) is 6.41. The molecule has 24 heavy (non-hydrogen) atoms. The molecule has 0 unspecified atom stereocenters. The number of halogens is 6. The van der Waals surface area contributed by atoms with E-state index in [1.807, 2.05) is 0 Å². The molecule has 0 amide bonds. The van der Waals surface area contributed by atoms with Gasteiger partial charge in [0.15, 0.2) is 5.78 Å². The normalized spacial score (nSPS) is 12.4. The van der Waals surface area contributed by atoms with Crippen LogP contribution in [0.1, 0.15) is 11.1 Å². The first-order valence-electron chi connectivity index (χ1n) is 6.45. The third kappa shape index (κ3) is 3.98. The lowest BCUT2D eigenvalue weighted by atomic mass is 9.94. The molecule has 0 spiro atoms. The summed E-state index contributed by atoms with van der Waals surface area (Å²) in [6.07, 6.45) is 0. The largest absolute Gasteiger partial charge is 0.288 e. The summed E-state index contributed by atoms with van der Waals surface area (Å²) in [5.41, 5.74) is 2.38. The number of carbonyl (C=O) groups excluding carboxylic acids is 1. The van der Waals surface area contributed by atoms with E-state index in [0.717, 1.165) is 23.2 Å². The summed E-state index contributed by atoms with van der Waals surface area (Å²) in [6, 6.07) is 7.61. The second kappa shape index (κ2) is 8.13. The maximum Gasteiger partial charge on any atom is 0.196 e. The van der Waals surface area contributed by atoms with Crippen LogP contribution in [0, 0.1) is 11.6 Å². The van der Waals surface area contributed by atoms with Crippen molar-refractivity contribution in [1.29, 1.82) is 0 Å². The third-order valence-corrected chi connectivity index (χ3v) is 4.22. The Labute approximate surface area is 157 Å². The van der Waals surface area contributed by atoms with Crippen molar-refractivity contribution >= 4 is 63.3 Å². The van der Waals surface area contributed by atoms with Crippen LogP contribution < -0.4 is 0 Å². The smallest absolute Gasteiger partial charge is 0.196 e. The van der Waals surface area contributed by atoms with Gasteiger partial charge in [-0.3, -0.25) is 4.79 Å². The first kappa shape index (κ1) is 18.9. The maximum atomic E-state index is 13.6. The van der Waals surface area contributed by atoms with Gasteiger partial charge in [0.05, 0.1) is 10.0 Å². The molecule has 0 saturated carbocycles. The lowest BCUT2D eigenvalue weighted by Gasteiger charge is -2.10. The van der Waals surface area contributed by atoms with Gasteiger partial charge in [0, 0.05) is 22.2 Å². The molecule has 0 heterocycles. The van der Waals surface area contributed by atoms with Crippen LogP contribution in [0.15, 0.2) is 47.5 Å². The summed E-state index contributed by atoms with van der Waals surface area (Å²) in [6.45, 7) is 0. The molecule has 0 aliphatic heterocycles. The number of Topliss-reactive ketones (excluding diaryl/α,β-unsaturated/α-hetero) is 1. The van der Waals surface area contributed by atoms with Gasteiger partial charge in [0.2, 0.25) is 0 Å². The predicted octanol–water partition coefficient (Wildman–Crippen LogP) is 6.70. The van der Waals surface area contributed by atoms with Crippen molar-refractivity contribution in [3.8, 4) is 0 Å². The van der Waals surface area contributed by atoms with Crippen molar-refractivity contribution < 1.29 is 13.6 Å². The summed E-state index contributed by atoms with van der Waals surface area (Å²) >= 11 is 22.7. The first-order valence-corrected chi connectivity index (χ1v) is 8.08. The molecular formula is C17H8Cl4F2O. The molecule has 0 aliphatic carbocycles. The van der Waals surface area contributed by atoms with E-state index in [1.165, 1.54) is 24.3 Å². The minimum Gasteiger partial charge on any atom is -0.288 e. The number of ketones is 1. The van der Waals surface area contributed by atoms with Gasteiger partial charge in [0.25, 0.3) is 0 Å². The van der Waals surface area contributed by atoms with Crippen molar-refractivity contribution in [2.75, 3.05) is 0 Å². The van der Waals surface area contributed by atoms with Crippen LogP contribution in [0.2, 0.25) is 10.0 Å². The Hall–Kier alpha value is -1.39. The fourth-order valence-corrected chi connectivity index (χ4v) is 2.64. The fraction of sp³-hybridized carbons (Fsp3) is 0. The molecule has 0 radical (unpaired) electrons. The predicted molar refractivity (Wildman–Crippen MR) is 95.5 cm³/mol. The van der Waals surface area contributed by atoms with Gasteiger partial charge in [-0.05, 0) is 35.4 Å². The third-order valence-electron chi connectivity index (χ3n) is 3.17. The molecular weight excluding hydrogens is 400 g/mol. The zero-order valence-corrected chi connectivity index (χ0v) is 14.8. The number of benzene rings is 2. The van der Waals surface area contributed by atoms with E-state index in [0.29, 0.717) is 0 Å². The summed E-state index contributed by atoms with van der Waals surface area (Å²) in [4.78, 5) is 12.7. The van der Waals surface area contributed by atoms with Gasteiger partial charge in [-0.1, -0.05) is 58.5 Å². The van der Waals surface area contributed by atoms with E-state index < -0.39 is 17.4 Å². The van der Waals surface area contributed by atoms with Crippen molar-refractivity contribution in [3.63, 3.8) is 0 Å². The Morgan fingerprint density at radius 3 is 1.46 bits per heavy atom. The SMILES string of the molecule is O=C(C(=CCl)c1ccc(Cl)c(F)c1)C(=CCl)c1ccc(Cl)c(F)c1. The highest BCUT2D eigenvalue weighted by molar-refractivity contribution is 6.49. The van der Waals surface area contributed by atoms with Gasteiger partial charge < -0.3 is 0 Å². The highest BCUT2D eigenvalue weighted by Crippen LogP contribution is 2.29. The minimum absolute atomic E-state index is 0.0190. The molecule has 2 rings (SSSR count). The van der Waals surface area contributed by atoms with Gasteiger partial charge in [-0.15, -0.1) is 0 Å². The van der Waals surface area contributed by atoms with Gasteiger partial charge in [-0.2, -0.15) is 0 Å². The summed E-state index contributed by atoms with van der Waals surface area (Å²) < 4.78 is 27.2. The molecule has 7 heteroatoms. The van der Waals surface area contributed by atoms with E-state index in [1.54, 1.807) is 0 Å². The van der Waals surface area contributed by atoms with Crippen molar-refractivity contribution in [2.45, 2.75) is 0 Å². The summed E-state index contributed by atoms with van der Waals surface area (Å²) in [5.74, 6) is -2.01. The fourth-order valence-electron chi connectivity index (χ4n) is 1.96. The molecule has 2 aromatic carbocycles. The zero-order chi connectivity index (χ0) is 17.9. The number of hydrogen-bond donors (Lipinski definition) is 0. The van der Waals surface area contributed by atoms with Gasteiger partial charge in [0.1, 0.15) is 11.6 Å². The molecule has 2 aromatic rings. The molecule has 0 aliphatic rings. The van der Waals surface area contributed by atoms with Crippen LogP contribution in [0.5, 0.6) is 0 Å². The van der Waals surface area contributed by atoms with E-state index in [4.69, 9.17) is 46.4 Å². The Bertz CT molecular complexity index is 790. The van der Waals surface area contributed by atoms with Crippen LogP contribution >= 0.6 is 46.4 Å². The quantitative estimate of drug-likeness (QED) is 0.515. The van der Waals surface area contributed by atoms with E-state index in [2.05, 4.69) is 0 Å². The number of hydrogen-bond acceptors (Lipinski definition) is 1. The molecule has 0 saturated heterocycles. The van der Waals surface area contributed by atoms with Crippen LogP contribution in [-0.2, 0) is 4.79 Å². The average Bonchev–Trinajstić information content (AvgIpc) is 2.55. The van der Waals surface area contributed by atoms with Gasteiger partial charge >= 0.3 is 0 Å². The lowest BCUT2D eigenvalue weighted by molar-refractivity contribution is -0.108. The highest BCUT2D eigenvalue weighted by atomic mass is 35.5. The van der Waals surface area contributed by atoms with Crippen LogP contribution in [-0.4, -0.2) is 5.78 Å². The minimum atomic E-state index is -0.702. The molecule has 0 aromatic heterocycles. The lowest BCUT2D eigenvalue weighted by Crippen LogP contribution is -2.05. The van der Waals surface area contributed by atoms with Crippen LogP contribution in [0.4, 0.5) is 8.78 Å². The molecule has 124 valence electrons. The standard InChI is InChI=1S/C17H8Cl4F2O/c18-7-11(9-1-3-13(20)15(22)5-9)17(24)12(8-19)10-2-4-14(21)16(23)6-10/h1-8H. The summed E-state index contributed by atoms with van der Waals surface area (Å²) in [7, 11) is 0. The van der Waals surface area contributed by atoms with Crippen LogP contribution in [0.3, 0.4) is 0 Å². The van der Waals surface area contributed by atoms with Crippen LogP contribution in [0.25, 0.3) is 11.1 Å². The Balaban J connectivity index is 2.46. The first-order chi connectivity index (χ1) is 11.4. The average molecular weight is 408 g/mol. The monoisotopic (exact) mass is 406 g/mol.